The molecule has 0 unspecified atom stereocenters. The van der Waals surface area contributed by atoms with Crippen LogP contribution in [0.2, 0.25) is 0 Å². The number of aliphatic hydroxyl groups is 1. The Kier molecular flexibility index (Phi) is 4.47. The Bertz CT molecular complexity index is 607. The van der Waals surface area contributed by atoms with Gasteiger partial charge < -0.3 is 10.2 Å². The van der Waals surface area contributed by atoms with E-state index in [9.17, 15) is 9.90 Å². The van der Waals surface area contributed by atoms with E-state index >= 15 is 0 Å². The van der Waals surface area contributed by atoms with Gasteiger partial charge in [-0.25, -0.2) is 9.48 Å². The molecule has 1 aromatic heterocycles. The molecule has 0 saturated heterocycles. The minimum absolute atomic E-state index is 0.0237. The summed E-state index contributed by atoms with van der Waals surface area (Å²) < 4.78 is 1.56. The summed E-state index contributed by atoms with van der Waals surface area (Å²) in [4.78, 5) is 11.2. The molecule has 0 aliphatic carbocycles. The molecule has 1 aromatic carbocycles. The van der Waals surface area contributed by atoms with Gasteiger partial charge in [-0.1, -0.05) is 35.0 Å². The van der Waals surface area contributed by atoms with Crippen molar-refractivity contribution in [1.82, 2.24) is 15.0 Å². The number of rotatable bonds is 6. The molecule has 0 saturated carbocycles. The zero-order chi connectivity index (χ0) is 14.5. The third kappa shape index (κ3) is 3.21. The Labute approximate surface area is 116 Å². The largest absolute Gasteiger partial charge is 0.476 e. The first-order valence-corrected chi connectivity index (χ1v) is 6.44. The fourth-order valence-electron chi connectivity index (χ4n) is 2.09. The molecule has 106 valence electrons. The van der Waals surface area contributed by atoms with Crippen LogP contribution in [0.25, 0.3) is 0 Å². The van der Waals surface area contributed by atoms with E-state index in [1.807, 2.05) is 31.2 Å². The molecule has 1 heterocycles. The molecule has 2 rings (SSSR count). The summed E-state index contributed by atoms with van der Waals surface area (Å²) in [7, 11) is 0. The van der Waals surface area contributed by atoms with Gasteiger partial charge in [0.25, 0.3) is 0 Å². The van der Waals surface area contributed by atoms with E-state index in [1.165, 1.54) is 0 Å². The van der Waals surface area contributed by atoms with Crippen molar-refractivity contribution in [3.8, 4) is 0 Å². The molecule has 0 aliphatic heterocycles. The Morgan fingerprint density at radius 2 is 2.20 bits per heavy atom. The predicted octanol–water partition coefficient (Wildman–Crippen LogP) is 1.26. The number of carboxylic acid groups (broad SMARTS) is 1. The molecule has 0 radical (unpaired) electrons. The molecular weight excluding hydrogens is 258 g/mol. The highest BCUT2D eigenvalue weighted by Gasteiger charge is 2.19. The fourth-order valence-corrected chi connectivity index (χ4v) is 2.09. The van der Waals surface area contributed by atoms with Gasteiger partial charge in [0.2, 0.25) is 0 Å². The molecule has 0 aliphatic rings. The monoisotopic (exact) mass is 275 g/mol. The van der Waals surface area contributed by atoms with Crippen LogP contribution in [0.1, 0.15) is 33.7 Å². The van der Waals surface area contributed by atoms with Crippen LogP contribution in [0.4, 0.5) is 0 Å². The highest BCUT2D eigenvalue weighted by atomic mass is 16.4. The van der Waals surface area contributed by atoms with Gasteiger partial charge in [-0.2, -0.15) is 0 Å². The van der Waals surface area contributed by atoms with Crippen LogP contribution in [0.5, 0.6) is 0 Å². The van der Waals surface area contributed by atoms with Crippen LogP contribution in [-0.4, -0.2) is 37.8 Å². The van der Waals surface area contributed by atoms with Crippen molar-refractivity contribution in [1.29, 1.82) is 0 Å². The van der Waals surface area contributed by atoms with Crippen molar-refractivity contribution in [2.45, 2.75) is 26.3 Å². The zero-order valence-electron chi connectivity index (χ0n) is 11.3. The van der Waals surface area contributed by atoms with Crippen LogP contribution in [-0.2, 0) is 13.0 Å². The molecule has 0 amide bonds. The normalized spacial score (nSPS) is 10.7. The van der Waals surface area contributed by atoms with Crippen LogP contribution < -0.4 is 0 Å². The summed E-state index contributed by atoms with van der Waals surface area (Å²) in [6, 6.07) is 7.88. The van der Waals surface area contributed by atoms with Gasteiger partial charge in [-0.3, -0.25) is 0 Å². The molecule has 0 bridgehead atoms. The molecule has 0 atom stereocenters. The summed E-state index contributed by atoms with van der Waals surface area (Å²) in [5.41, 5.74) is 2.68. The summed E-state index contributed by atoms with van der Waals surface area (Å²) >= 11 is 0. The van der Waals surface area contributed by atoms with E-state index in [0.29, 0.717) is 25.1 Å². The first-order chi connectivity index (χ1) is 9.61. The highest BCUT2D eigenvalue weighted by Crippen LogP contribution is 2.14. The van der Waals surface area contributed by atoms with Gasteiger partial charge in [0, 0.05) is 19.6 Å². The fraction of sp³-hybridized carbons (Fsp3) is 0.357. The lowest BCUT2D eigenvalue weighted by Gasteiger charge is -2.07. The summed E-state index contributed by atoms with van der Waals surface area (Å²) in [6.07, 6.45) is 0.977. The maximum atomic E-state index is 11.2. The highest BCUT2D eigenvalue weighted by molar-refractivity contribution is 5.86. The van der Waals surface area contributed by atoms with Crippen molar-refractivity contribution >= 4 is 5.97 Å². The standard InChI is InChI=1S/C14H17N3O3/c1-10-4-2-5-11(8-10)9-12-13(14(19)20)15-16-17(12)6-3-7-18/h2,4-5,8,18H,3,6-7,9H2,1H3,(H,19,20). The Hall–Kier alpha value is -2.21. The first kappa shape index (κ1) is 14.2. The van der Waals surface area contributed by atoms with Crippen LogP contribution in [0, 0.1) is 6.92 Å². The van der Waals surface area contributed by atoms with E-state index < -0.39 is 5.97 Å². The van der Waals surface area contributed by atoms with Crippen LogP contribution >= 0.6 is 0 Å². The van der Waals surface area contributed by atoms with Crippen molar-refractivity contribution < 1.29 is 15.0 Å². The van der Waals surface area contributed by atoms with Gasteiger partial charge in [0.15, 0.2) is 5.69 Å². The number of benzene rings is 1. The number of nitrogens with zero attached hydrogens (tertiary/aromatic N) is 3. The molecule has 6 nitrogen and oxygen atoms in total. The third-order valence-electron chi connectivity index (χ3n) is 3.02. The number of carbonyl (C=O) groups is 1. The van der Waals surface area contributed by atoms with Crippen molar-refractivity contribution in [3.05, 3.63) is 46.8 Å². The van der Waals surface area contributed by atoms with Gasteiger partial charge in [0.05, 0.1) is 5.69 Å². The molecule has 0 fully saturated rings. The Morgan fingerprint density at radius 1 is 1.40 bits per heavy atom. The lowest BCUT2D eigenvalue weighted by Crippen LogP contribution is -2.10. The van der Waals surface area contributed by atoms with E-state index in [2.05, 4.69) is 10.3 Å². The second-order valence-electron chi connectivity index (χ2n) is 4.66. The van der Waals surface area contributed by atoms with E-state index in [-0.39, 0.29) is 12.3 Å². The van der Waals surface area contributed by atoms with Gasteiger partial charge >= 0.3 is 5.97 Å². The van der Waals surface area contributed by atoms with E-state index in [4.69, 9.17) is 5.11 Å². The number of carboxylic acids is 1. The third-order valence-corrected chi connectivity index (χ3v) is 3.02. The average Bonchev–Trinajstić information content (AvgIpc) is 2.79. The van der Waals surface area contributed by atoms with Gasteiger partial charge in [-0.15, -0.1) is 5.10 Å². The Morgan fingerprint density at radius 3 is 2.85 bits per heavy atom. The number of aromatic nitrogens is 3. The lowest BCUT2D eigenvalue weighted by atomic mass is 10.1. The average molecular weight is 275 g/mol. The second kappa shape index (κ2) is 6.29. The maximum absolute atomic E-state index is 11.2. The topological polar surface area (TPSA) is 88.2 Å². The van der Waals surface area contributed by atoms with Gasteiger partial charge in [-0.05, 0) is 18.9 Å². The second-order valence-corrected chi connectivity index (χ2v) is 4.66. The number of aromatic carboxylic acids is 1. The van der Waals surface area contributed by atoms with E-state index in [1.54, 1.807) is 4.68 Å². The van der Waals surface area contributed by atoms with Crippen molar-refractivity contribution in [2.75, 3.05) is 6.61 Å². The summed E-state index contributed by atoms with van der Waals surface area (Å²) in [6.45, 7) is 2.48. The maximum Gasteiger partial charge on any atom is 0.358 e. The predicted molar refractivity (Wildman–Crippen MR) is 72.7 cm³/mol. The zero-order valence-corrected chi connectivity index (χ0v) is 11.3. The van der Waals surface area contributed by atoms with Crippen molar-refractivity contribution in [2.24, 2.45) is 0 Å². The lowest BCUT2D eigenvalue weighted by molar-refractivity contribution is 0.0689. The molecule has 6 heteroatoms. The first-order valence-electron chi connectivity index (χ1n) is 6.44. The number of hydrogen-bond acceptors (Lipinski definition) is 4. The number of hydrogen-bond donors (Lipinski definition) is 2. The summed E-state index contributed by atoms with van der Waals surface area (Å²) in [5.74, 6) is -1.08. The van der Waals surface area contributed by atoms with Gasteiger partial charge in [0.1, 0.15) is 0 Å². The SMILES string of the molecule is Cc1cccc(Cc2c(C(=O)O)nnn2CCCO)c1. The smallest absolute Gasteiger partial charge is 0.358 e. The van der Waals surface area contributed by atoms with Crippen molar-refractivity contribution in [3.63, 3.8) is 0 Å². The minimum atomic E-state index is -1.08. The summed E-state index contributed by atoms with van der Waals surface area (Å²) in [5, 5.41) is 25.6. The number of aryl methyl sites for hydroxylation is 2. The molecule has 2 aromatic rings. The molecule has 2 N–H and O–H groups in total. The minimum Gasteiger partial charge on any atom is -0.476 e. The number of aliphatic hydroxyl groups excluding tert-OH is 1. The van der Waals surface area contributed by atoms with Crippen LogP contribution in [0.15, 0.2) is 24.3 Å². The van der Waals surface area contributed by atoms with Crippen LogP contribution in [0.3, 0.4) is 0 Å². The molecule has 0 spiro atoms. The Balaban J connectivity index is 2.32. The quantitative estimate of drug-likeness (QED) is 0.828. The molecule has 20 heavy (non-hydrogen) atoms. The van der Waals surface area contributed by atoms with E-state index in [0.717, 1.165) is 11.1 Å². The molecular formula is C14H17N3O3.